The summed E-state index contributed by atoms with van der Waals surface area (Å²) in [5.74, 6) is 0. The van der Waals surface area contributed by atoms with E-state index in [9.17, 15) is 0 Å². The molecule has 0 heterocycles. The minimum absolute atomic E-state index is 0.0886. The van der Waals surface area contributed by atoms with E-state index in [4.69, 9.17) is 22.4 Å². The third-order valence-electron chi connectivity index (χ3n) is 1.75. The van der Waals surface area contributed by atoms with Gasteiger partial charge < -0.3 is 10.8 Å². The summed E-state index contributed by atoms with van der Waals surface area (Å²) in [4.78, 5) is 0. The van der Waals surface area contributed by atoms with E-state index in [0.29, 0.717) is 11.4 Å². The van der Waals surface area contributed by atoms with Crippen molar-refractivity contribution in [2.75, 3.05) is 6.61 Å². The van der Waals surface area contributed by atoms with Gasteiger partial charge in [0.25, 0.3) is 0 Å². The minimum atomic E-state index is -0.153. The van der Waals surface area contributed by atoms with Gasteiger partial charge in [-0.3, -0.25) is 0 Å². The lowest BCUT2D eigenvalue weighted by molar-refractivity contribution is 0.276. The largest absolute Gasteiger partial charge is 0.396 e. The molecule has 0 saturated carbocycles. The van der Waals surface area contributed by atoms with E-state index in [1.807, 2.05) is 12.1 Å². The van der Waals surface area contributed by atoms with E-state index in [1.165, 1.54) is 0 Å². The van der Waals surface area contributed by atoms with Crippen LogP contribution in [-0.2, 0) is 0 Å². The first kappa shape index (κ1) is 11.0. The first-order chi connectivity index (χ1) is 6.13. The predicted octanol–water partition coefficient (Wildman–Crippen LogP) is 2.48. The second kappa shape index (κ2) is 4.96. The normalized spacial score (nSPS) is 12.9. The fourth-order valence-corrected chi connectivity index (χ4v) is 1.98. The zero-order chi connectivity index (χ0) is 9.84. The van der Waals surface area contributed by atoms with Crippen LogP contribution in [0.15, 0.2) is 22.7 Å². The fourth-order valence-electron chi connectivity index (χ4n) is 1.09. The molecular formula is C9H11BrClNO. The van der Waals surface area contributed by atoms with Gasteiger partial charge in [0.05, 0.1) is 0 Å². The molecule has 0 aromatic heterocycles. The Bertz CT molecular complexity index is 273. The molecule has 0 unspecified atom stereocenters. The Labute approximate surface area is 90.8 Å². The summed E-state index contributed by atoms with van der Waals surface area (Å²) >= 11 is 9.18. The SMILES string of the molecule is N[C@@H](CCO)c1cc(Cl)cc(Br)c1. The van der Waals surface area contributed by atoms with E-state index < -0.39 is 0 Å². The molecule has 0 aliphatic heterocycles. The van der Waals surface area contributed by atoms with Gasteiger partial charge in [-0.05, 0) is 30.2 Å². The molecule has 2 nitrogen and oxygen atoms in total. The van der Waals surface area contributed by atoms with Gasteiger partial charge in [0.2, 0.25) is 0 Å². The van der Waals surface area contributed by atoms with Crippen LogP contribution in [0.1, 0.15) is 18.0 Å². The number of rotatable bonds is 3. The molecule has 1 atom stereocenters. The van der Waals surface area contributed by atoms with E-state index in [1.54, 1.807) is 6.07 Å². The third-order valence-corrected chi connectivity index (χ3v) is 2.43. The fraction of sp³-hybridized carbons (Fsp3) is 0.333. The molecule has 13 heavy (non-hydrogen) atoms. The standard InChI is InChI=1S/C9H11BrClNO/c10-7-3-6(4-8(11)5-7)9(12)1-2-13/h3-5,9,13H,1-2,12H2/t9-/m0/s1. The molecule has 1 aromatic carbocycles. The molecule has 3 N–H and O–H groups in total. The molecule has 72 valence electrons. The van der Waals surface area contributed by atoms with Crippen LogP contribution in [0.5, 0.6) is 0 Å². The maximum atomic E-state index is 8.71. The highest BCUT2D eigenvalue weighted by Crippen LogP contribution is 2.23. The van der Waals surface area contributed by atoms with E-state index in [2.05, 4.69) is 15.9 Å². The molecule has 0 aliphatic carbocycles. The smallest absolute Gasteiger partial charge is 0.0449 e. The van der Waals surface area contributed by atoms with Gasteiger partial charge in [-0.1, -0.05) is 27.5 Å². The lowest BCUT2D eigenvalue weighted by atomic mass is 10.1. The summed E-state index contributed by atoms with van der Waals surface area (Å²) in [5.41, 5.74) is 6.74. The Balaban J connectivity index is 2.87. The first-order valence-electron chi connectivity index (χ1n) is 3.96. The van der Waals surface area contributed by atoms with Crippen LogP contribution >= 0.6 is 27.5 Å². The van der Waals surface area contributed by atoms with Crippen molar-refractivity contribution < 1.29 is 5.11 Å². The van der Waals surface area contributed by atoms with Gasteiger partial charge in [0.1, 0.15) is 0 Å². The van der Waals surface area contributed by atoms with Crippen LogP contribution < -0.4 is 5.73 Å². The number of aliphatic hydroxyl groups is 1. The van der Waals surface area contributed by atoms with Crippen LogP contribution in [0, 0.1) is 0 Å². The summed E-state index contributed by atoms with van der Waals surface area (Å²) in [5, 5.41) is 9.36. The molecule has 0 bridgehead atoms. The topological polar surface area (TPSA) is 46.2 Å². The summed E-state index contributed by atoms with van der Waals surface area (Å²) in [6.07, 6.45) is 0.548. The van der Waals surface area contributed by atoms with Crippen molar-refractivity contribution >= 4 is 27.5 Å². The lowest BCUT2D eigenvalue weighted by Gasteiger charge is -2.10. The molecule has 0 amide bonds. The number of aliphatic hydroxyl groups excluding tert-OH is 1. The van der Waals surface area contributed by atoms with Crippen LogP contribution in [-0.4, -0.2) is 11.7 Å². The van der Waals surface area contributed by atoms with Crippen LogP contribution in [0.2, 0.25) is 5.02 Å². The van der Waals surface area contributed by atoms with Gasteiger partial charge in [-0.25, -0.2) is 0 Å². The number of halogens is 2. The second-order valence-electron chi connectivity index (χ2n) is 2.82. The van der Waals surface area contributed by atoms with Crippen LogP contribution in [0.4, 0.5) is 0 Å². The highest BCUT2D eigenvalue weighted by molar-refractivity contribution is 9.10. The Kier molecular flexibility index (Phi) is 4.19. The highest BCUT2D eigenvalue weighted by Gasteiger charge is 2.06. The first-order valence-corrected chi connectivity index (χ1v) is 5.13. The maximum Gasteiger partial charge on any atom is 0.0449 e. The quantitative estimate of drug-likeness (QED) is 0.881. The zero-order valence-corrected chi connectivity index (χ0v) is 9.35. The van der Waals surface area contributed by atoms with Crippen molar-refractivity contribution in [1.29, 1.82) is 0 Å². The van der Waals surface area contributed by atoms with Crippen molar-refractivity contribution in [2.45, 2.75) is 12.5 Å². The average Bonchev–Trinajstić information content (AvgIpc) is 2.03. The second-order valence-corrected chi connectivity index (χ2v) is 4.17. The zero-order valence-electron chi connectivity index (χ0n) is 7.00. The van der Waals surface area contributed by atoms with Gasteiger partial charge in [0.15, 0.2) is 0 Å². The van der Waals surface area contributed by atoms with Crippen molar-refractivity contribution in [3.63, 3.8) is 0 Å². The van der Waals surface area contributed by atoms with Gasteiger partial charge in [-0.2, -0.15) is 0 Å². The molecule has 0 saturated heterocycles. The average molecular weight is 265 g/mol. The molecule has 0 fully saturated rings. The van der Waals surface area contributed by atoms with Crippen molar-refractivity contribution in [1.82, 2.24) is 0 Å². The van der Waals surface area contributed by atoms with Gasteiger partial charge in [0, 0.05) is 22.1 Å². The summed E-state index contributed by atoms with van der Waals surface area (Å²) in [7, 11) is 0. The van der Waals surface area contributed by atoms with E-state index >= 15 is 0 Å². The number of hydrogen-bond donors (Lipinski definition) is 2. The number of nitrogens with two attached hydrogens (primary N) is 1. The molecule has 4 heteroatoms. The minimum Gasteiger partial charge on any atom is -0.396 e. The molecule has 1 aromatic rings. The summed E-state index contributed by atoms with van der Waals surface area (Å²) in [6.45, 7) is 0.0886. The van der Waals surface area contributed by atoms with Crippen molar-refractivity contribution in [2.24, 2.45) is 5.73 Å². The molecule has 1 rings (SSSR count). The maximum absolute atomic E-state index is 8.71. The Hall–Kier alpha value is -0.0900. The Morgan fingerprint density at radius 1 is 1.46 bits per heavy atom. The molecular weight excluding hydrogens is 253 g/mol. The summed E-state index contributed by atoms with van der Waals surface area (Å²) < 4.78 is 0.906. The van der Waals surface area contributed by atoms with E-state index in [-0.39, 0.29) is 12.6 Å². The highest BCUT2D eigenvalue weighted by atomic mass is 79.9. The monoisotopic (exact) mass is 263 g/mol. The Morgan fingerprint density at radius 3 is 2.69 bits per heavy atom. The van der Waals surface area contributed by atoms with Crippen molar-refractivity contribution in [3.8, 4) is 0 Å². The number of benzene rings is 1. The van der Waals surface area contributed by atoms with Gasteiger partial charge >= 0.3 is 0 Å². The lowest BCUT2D eigenvalue weighted by Crippen LogP contribution is -2.11. The van der Waals surface area contributed by atoms with Crippen molar-refractivity contribution in [3.05, 3.63) is 33.3 Å². The van der Waals surface area contributed by atoms with Crippen LogP contribution in [0.25, 0.3) is 0 Å². The molecule has 0 spiro atoms. The Morgan fingerprint density at radius 2 is 2.15 bits per heavy atom. The predicted molar refractivity (Wildman–Crippen MR) is 57.8 cm³/mol. The van der Waals surface area contributed by atoms with Gasteiger partial charge in [-0.15, -0.1) is 0 Å². The molecule has 0 aliphatic rings. The molecule has 0 radical (unpaired) electrons. The third kappa shape index (κ3) is 3.27. The van der Waals surface area contributed by atoms with E-state index in [0.717, 1.165) is 10.0 Å². The van der Waals surface area contributed by atoms with Crippen LogP contribution in [0.3, 0.4) is 0 Å². The number of hydrogen-bond acceptors (Lipinski definition) is 2. The summed E-state index contributed by atoms with van der Waals surface area (Å²) in [6, 6.07) is 5.37.